The molecule has 0 fully saturated rings. The molecule has 0 atom stereocenters. The first-order chi connectivity index (χ1) is 11.8. The minimum Gasteiger partial charge on any atom is -0.461 e. The average molecular weight is 366 g/mol. The van der Waals surface area contributed by atoms with E-state index in [2.05, 4.69) is 5.16 Å². The molecule has 7 nitrogen and oxygen atoms in total. The molecular formula is C17H22N2O5S. The van der Waals surface area contributed by atoms with Gasteiger partial charge in [-0.2, -0.15) is 0 Å². The molecule has 0 radical (unpaired) electrons. The fraction of sp³-hybridized carbons (Fsp3) is 0.471. The summed E-state index contributed by atoms with van der Waals surface area (Å²) in [6, 6.07) is 1.89. The van der Waals surface area contributed by atoms with Gasteiger partial charge in [0.15, 0.2) is 5.71 Å². The molecule has 2 aromatic rings. The predicted molar refractivity (Wildman–Crippen MR) is 96.2 cm³/mol. The van der Waals surface area contributed by atoms with Crippen molar-refractivity contribution >= 4 is 39.3 Å². The molecule has 0 spiro atoms. The first-order valence-electron chi connectivity index (χ1n) is 7.84. The minimum absolute atomic E-state index is 0.138. The lowest BCUT2D eigenvalue weighted by atomic mass is 10.1. The molecular weight excluding hydrogens is 344 g/mol. The Hall–Kier alpha value is -2.35. The molecule has 0 saturated heterocycles. The van der Waals surface area contributed by atoms with Gasteiger partial charge in [0.05, 0.1) is 6.61 Å². The van der Waals surface area contributed by atoms with Crippen LogP contribution in [0.4, 0.5) is 4.79 Å². The van der Waals surface area contributed by atoms with Gasteiger partial charge in [-0.05, 0) is 44.7 Å². The van der Waals surface area contributed by atoms with Crippen molar-refractivity contribution in [2.75, 3.05) is 13.7 Å². The van der Waals surface area contributed by atoms with Crippen LogP contribution in [-0.4, -0.2) is 41.7 Å². The van der Waals surface area contributed by atoms with Gasteiger partial charge in [0.1, 0.15) is 17.5 Å². The molecule has 0 unspecified atom stereocenters. The third kappa shape index (κ3) is 4.60. The van der Waals surface area contributed by atoms with Crippen LogP contribution in [0.1, 0.15) is 33.3 Å². The maximum atomic E-state index is 12.4. The van der Waals surface area contributed by atoms with Gasteiger partial charge in [0.25, 0.3) is 0 Å². The number of aromatic nitrogens is 1. The zero-order valence-corrected chi connectivity index (χ0v) is 15.8. The number of hydrogen-bond acceptors (Lipinski definition) is 7. The van der Waals surface area contributed by atoms with Crippen molar-refractivity contribution in [1.29, 1.82) is 0 Å². The number of thiophene rings is 1. The first kappa shape index (κ1) is 19.0. The van der Waals surface area contributed by atoms with Gasteiger partial charge in [0, 0.05) is 18.0 Å². The molecule has 2 rings (SSSR count). The Bertz CT molecular complexity index is 798. The van der Waals surface area contributed by atoms with E-state index in [9.17, 15) is 9.59 Å². The zero-order chi connectivity index (χ0) is 18.6. The summed E-state index contributed by atoms with van der Waals surface area (Å²) in [5, 5.41) is 6.51. The number of rotatable bonds is 5. The molecule has 0 saturated carbocycles. The second-order valence-corrected chi connectivity index (χ2v) is 7.16. The third-order valence-corrected chi connectivity index (χ3v) is 4.07. The topological polar surface area (TPSA) is 79.1 Å². The van der Waals surface area contributed by atoms with Crippen LogP contribution in [0.15, 0.2) is 22.8 Å². The highest BCUT2D eigenvalue weighted by Gasteiger charge is 2.23. The van der Waals surface area contributed by atoms with E-state index in [1.165, 1.54) is 23.0 Å². The Morgan fingerprint density at radius 3 is 2.64 bits per heavy atom. The van der Waals surface area contributed by atoms with Gasteiger partial charge in [-0.1, -0.05) is 5.16 Å². The molecule has 0 aromatic carbocycles. The first-order valence-corrected chi connectivity index (χ1v) is 8.72. The number of hydrogen-bond donors (Lipinski definition) is 0. The SMILES string of the molecule is CCOC(=O)/C(Cc1cn(C(=O)OC(C)(C)C)c2sccc12)=N/OC. The highest BCUT2D eigenvalue weighted by Crippen LogP contribution is 2.28. The quantitative estimate of drug-likeness (QED) is 0.459. The smallest absolute Gasteiger partial charge is 0.419 e. The summed E-state index contributed by atoms with van der Waals surface area (Å²) in [6.07, 6.45) is 1.39. The highest BCUT2D eigenvalue weighted by molar-refractivity contribution is 7.17. The van der Waals surface area contributed by atoms with E-state index >= 15 is 0 Å². The van der Waals surface area contributed by atoms with Crippen LogP contribution in [0.2, 0.25) is 0 Å². The van der Waals surface area contributed by atoms with Crippen molar-refractivity contribution in [2.24, 2.45) is 5.16 Å². The van der Waals surface area contributed by atoms with Crippen molar-refractivity contribution < 1.29 is 23.9 Å². The summed E-state index contributed by atoms with van der Waals surface area (Å²) in [6.45, 7) is 7.40. The Morgan fingerprint density at radius 2 is 2.04 bits per heavy atom. The van der Waals surface area contributed by atoms with Crippen LogP contribution in [0.25, 0.3) is 10.2 Å². The molecule has 0 N–H and O–H groups in total. The van der Waals surface area contributed by atoms with Gasteiger partial charge < -0.3 is 14.3 Å². The van der Waals surface area contributed by atoms with Crippen LogP contribution < -0.4 is 0 Å². The van der Waals surface area contributed by atoms with Crippen molar-refractivity contribution in [3.05, 3.63) is 23.2 Å². The largest absolute Gasteiger partial charge is 0.461 e. The van der Waals surface area contributed by atoms with Crippen molar-refractivity contribution in [1.82, 2.24) is 4.57 Å². The second kappa shape index (κ2) is 7.69. The number of fused-ring (bicyclic) bond motifs is 1. The highest BCUT2D eigenvalue weighted by atomic mass is 32.1. The molecule has 2 aromatic heterocycles. The number of esters is 1. The fourth-order valence-electron chi connectivity index (χ4n) is 2.25. The molecule has 25 heavy (non-hydrogen) atoms. The van der Waals surface area contributed by atoms with Crippen LogP contribution in [0.3, 0.4) is 0 Å². The van der Waals surface area contributed by atoms with Crippen LogP contribution >= 0.6 is 11.3 Å². The Balaban J connectivity index is 2.36. The maximum Gasteiger partial charge on any atom is 0.419 e. The number of carbonyl (C=O) groups is 2. The number of nitrogens with zero attached hydrogens (tertiary/aromatic N) is 2. The van der Waals surface area contributed by atoms with E-state index in [1.54, 1.807) is 13.1 Å². The molecule has 136 valence electrons. The Labute approximate surface area is 150 Å². The fourth-order valence-corrected chi connectivity index (χ4v) is 3.15. The van der Waals surface area contributed by atoms with Crippen molar-refractivity contribution in [2.45, 2.75) is 39.7 Å². The molecule has 0 aliphatic rings. The normalized spacial score (nSPS) is 12.3. The lowest BCUT2D eigenvalue weighted by Gasteiger charge is -2.19. The maximum absolute atomic E-state index is 12.4. The van der Waals surface area contributed by atoms with E-state index < -0.39 is 17.7 Å². The molecule has 8 heteroatoms. The van der Waals surface area contributed by atoms with Crippen LogP contribution in [-0.2, 0) is 25.5 Å². The van der Waals surface area contributed by atoms with E-state index in [0.29, 0.717) is 0 Å². The van der Waals surface area contributed by atoms with E-state index in [-0.39, 0.29) is 18.7 Å². The zero-order valence-electron chi connectivity index (χ0n) is 15.0. The number of oxime groups is 1. The molecule has 0 amide bonds. The molecule has 2 heterocycles. The summed E-state index contributed by atoms with van der Waals surface area (Å²) in [4.78, 5) is 29.9. The van der Waals surface area contributed by atoms with Gasteiger partial charge >= 0.3 is 12.1 Å². The third-order valence-electron chi connectivity index (χ3n) is 3.16. The van der Waals surface area contributed by atoms with Gasteiger partial charge in [-0.3, -0.25) is 0 Å². The van der Waals surface area contributed by atoms with Gasteiger partial charge in [-0.25, -0.2) is 14.2 Å². The lowest BCUT2D eigenvalue weighted by Crippen LogP contribution is -2.26. The number of carbonyl (C=O) groups excluding carboxylic acids is 2. The molecule has 0 aliphatic carbocycles. The van der Waals surface area contributed by atoms with E-state index in [1.807, 2.05) is 32.2 Å². The predicted octanol–water partition coefficient (Wildman–Crippen LogP) is 3.59. The number of ether oxygens (including phenoxy) is 2. The summed E-state index contributed by atoms with van der Waals surface area (Å²) in [7, 11) is 1.37. The molecule has 0 bridgehead atoms. The summed E-state index contributed by atoms with van der Waals surface area (Å²) in [5.74, 6) is -0.544. The van der Waals surface area contributed by atoms with E-state index in [4.69, 9.17) is 14.3 Å². The van der Waals surface area contributed by atoms with Crippen LogP contribution in [0.5, 0.6) is 0 Å². The van der Waals surface area contributed by atoms with Crippen molar-refractivity contribution in [3.8, 4) is 0 Å². The Morgan fingerprint density at radius 1 is 1.32 bits per heavy atom. The monoisotopic (exact) mass is 366 g/mol. The second-order valence-electron chi connectivity index (χ2n) is 6.26. The Kier molecular flexibility index (Phi) is 5.84. The summed E-state index contributed by atoms with van der Waals surface area (Å²) in [5.41, 5.74) is 0.309. The van der Waals surface area contributed by atoms with Gasteiger partial charge in [0.2, 0.25) is 0 Å². The van der Waals surface area contributed by atoms with Gasteiger partial charge in [-0.15, -0.1) is 11.3 Å². The minimum atomic E-state index is -0.599. The summed E-state index contributed by atoms with van der Waals surface area (Å²) < 4.78 is 11.9. The van der Waals surface area contributed by atoms with Crippen LogP contribution in [0, 0.1) is 0 Å². The molecule has 0 aliphatic heterocycles. The lowest BCUT2D eigenvalue weighted by molar-refractivity contribution is -0.135. The standard InChI is InChI=1S/C17H22N2O5S/c1-6-23-15(20)13(18-22-5)9-11-10-19(14-12(11)7-8-25-14)16(21)24-17(2,3)4/h7-8,10H,6,9H2,1-5H3/b18-13+. The average Bonchev–Trinajstić information content (AvgIpc) is 3.08. The van der Waals surface area contributed by atoms with E-state index in [0.717, 1.165) is 15.8 Å². The summed E-state index contributed by atoms with van der Waals surface area (Å²) >= 11 is 1.42. The van der Waals surface area contributed by atoms with Crippen molar-refractivity contribution in [3.63, 3.8) is 0 Å².